The van der Waals surface area contributed by atoms with Gasteiger partial charge in [-0.2, -0.15) is 0 Å². The summed E-state index contributed by atoms with van der Waals surface area (Å²) in [5, 5.41) is 2.11. The fourth-order valence-electron chi connectivity index (χ4n) is 2.84. The number of nitrogens with one attached hydrogen (secondary N) is 1. The Bertz CT molecular complexity index is 985. The van der Waals surface area contributed by atoms with E-state index < -0.39 is 0 Å². The highest BCUT2D eigenvalue weighted by Gasteiger charge is 2.06. The Morgan fingerprint density at radius 2 is 1.91 bits per heavy atom. The van der Waals surface area contributed by atoms with Crippen molar-refractivity contribution in [3.05, 3.63) is 77.6 Å². The van der Waals surface area contributed by atoms with Gasteiger partial charge in [-0.3, -0.25) is 9.78 Å². The highest BCUT2D eigenvalue weighted by Crippen LogP contribution is 2.21. The van der Waals surface area contributed by atoms with Crippen molar-refractivity contribution in [2.75, 3.05) is 0 Å². The molecule has 4 aromatic rings. The highest BCUT2D eigenvalue weighted by molar-refractivity contribution is 5.97. The van der Waals surface area contributed by atoms with E-state index in [9.17, 15) is 4.79 Å². The Kier molecular flexibility index (Phi) is 2.97. The fourth-order valence-corrected chi connectivity index (χ4v) is 2.84. The summed E-state index contributed by atoms with van der Waals surface area (Å²) in [5.74, 6) is 0. The van der Waals surface area contributed by atoms with Gasteiger partial charge in [0.1, 0.15) is 0 Å². The van der Waals surface area contributed by atoms with Crippen LogP contribution in [0.5, 0.6) is 0 Å². The largest absolute Gasteiger partial charge is 0.358 e. The maximum Gasteiger partial charge on any atom is 0.150 e. The third kappa shape index (κ3) is 2.17. The summed E-state index contributed by atoms with van der Waals surface area (Å²) in [6.45, 7) is 0. The number of carbonyl (C=O) groups is 1. The molecule has 0 amide bonds. The van der Waals surface area contributed by atoms with Gasteiger partial charge < -0.3 is 4.98 Å². The number of aromatic nitrogens is 2. The number of aromatic amines is 1. The molecule has 0 fully saturated rings. The Balaban J connectivity index is 1.74. The molecule has 0 bridgehead atoms. The lowest BCUT2D eigenvalue weighted by Crippen LogP contribution is -1.92. The molecule has 0 aliphatic heterocycles. The van der Waals surface area contributed by atoms with Crippen LogP contribution in [0, 0.1) is 0 Å². The van der Waals surface area contributed by atoms with Gasteiger partial charge >= 0.3 is 0 Å². The van der Waals surface area contributed by atoms with E-state index in [1.807, 2.05) is 42.5 Å². The molecule has 1 N–H and O–H groups in total. The zero-order valence-corrected chi connectivity index (χ0v) is 11.9. The van der Waals surface area contributed by atoms with Gasteiger partial charge in [-0.05, 0) is 24.3 Å². The first-order valence-electron chi connectivity index (χ1n) is 7.24. The van der Waals surface area contributed by atoms with E-state index in [2.05, 4.69) is 23.2 Å². The minimum Gasteiger partial charge on any atom is -0.358 e. The molecule has 2 aromatic carbocycles. The number of aldehydes is 1. The molecule has 0 aliphatic carbocycles. The average molecular weight is 286 g/mol. The summed E-state index contributed by atoms with van der Waals surface area (Å²) in [5.41, 5.74) is 4.78. The van der Waals surface area contributed by atoms with Crippen LogP contribution in [0.25, 0.3) is 21.8 Å². The second kappa shape index (κ2) is 5.11. The number of hydrogen-bond donors (Lipinski definition) is 1. The van der Waals surface area contributed by atoms with Crippen molar-refractivity contribution in [3.8, 4) is 0 Å². The predicted molar refractivity (Wildman–Crippen MR) is 88.2 cm³/mol. The minimum absolute atomic E-state index is 0.714. The van der Waals surface area contributed by atoms with Gasteiger partial charge in [0.2, 0.25) is 0 Å². The molecule has 4 rings (SSSR count). The summed E-state index contributed by atoms with van der Waals surface area (Å²) < 4.78 is 0. The van der Waals surface area contributed by atoms with Crippen LogP contribution in [0.1, 0.15) is 21.7 Å². The van der Waals surface area contributed by atoms with Crippen molar-refractivity contribution in [1.29, 1.82) is 0 Å². The summed E-state index contributed by atoms with van der Waals surface area (Å²) in [4.78, 5) is 19.2. The molecular weight excluding hydrogens is 272 g/mol. The van der Waals surface area contributed by atoms with Gasteiger partial charge in [0.25, 0.3) is 0 Å². The van der Waals surface area contributed by atoms with Crippen LogP contribution in [0.3, 0.4) is 0 Å². The Labute approximate surface area is 127 Å². The van der Waals surface area contributed by atoms with Crippen molar-refractivity contribution in [2.45, 2.75) is 6.42 Å². The highest BCUT2D eigenvalue weighted by atomic mass is 16.1. The summed E-state index contributed by atoms with van der Waals surface area (Å²) in [7, 11) is 0. The quantitative estimate of drug-likeness (QED) is 0.576. The monoisotopic (exact) mass is 286 g/mol. The Morgan fingerprint density at radius 3 is 2.82 bits per heavy atom. The molecule has 2 heterocycles. The summed E-state index contributed by atoms with van der Waals surface area (Å²) in [6.07, 6.45) is 1.62. The van der Waals surface area contributed by atoms with Gasteiger partial charge in [0.15, 0.2) is 6.29 Å². The number of benzene rings is 2. The van der Waals surface area contributed by atoms with Gasteiger partial charge in [-0.25, -0.2) is 0 Å². The van der Waals surface area contributed by atoms with E-state index >= 15 is 0 Å². The van der Waals surface area contributed by atoms with E-state index in [-0.39, 0.29) is 0 Å². The lowest BCUT2D eigenvalue weighted by Gasteiger charge is -2.01. The first kappa shape index (κ1) is 12.8. The maximum atomic E-state index is 11.1. The zero-order chi connectivity index (χ0) is 14.9. The molecule has 2 aromatic heterocycles. The first-order chi connectivity index (χ1) is 10.8. The van der Waals surface area contributed by atoms with Crippen molar-refractivity contribution in [2.24, 2.45) is 0 Å². The molecule has 3 nitrogen and oxygen atoms in total. The number of rotatable bonds is 3. The van der Waals surface area contributed by atoms with E-state index in [1.54, 1.807) is 0 Å². The van der Waals surface area contributed by atoms with Crippen LogP contribution in [0.4, 0.5) is 0 Å². The third-order valence-electron chi connectivity index (χ3n) is 3.91. The minimum atomic E-state index is 0.714. The third-order valence-corrected chi connectivity index (χ3v) is 3.91. The van der Waals surface area contributed by atoms with E-state index in [0.717, 1.165) is 45.9 Å². The van der Waals surface area contributed by atoms with Crippen molar-refractivity contribution < 1.29 is 4.79 Å². The molecular formula is C19H14N2O. The summed E-state index contributed by atoms with van der Waals surface area (Å²) in [6, 6.07) is 20.0. The molecule has 3 heteroatoms. The molecule has 0 saturated carbocycles. The molecule has 0 unspecified atom stereocenters. The SMILES string of the molecule is O=Cc1cccc2[nH]c(Cc3ccc4ccccc4n3)cc12. The molecule has 0 saturated heterocycles. The number of nitrogens with zero attached hydrogens (tertiary/aromatic N) is 1. The van der Waals surface area contributed by atoms with Crippen LogP contribution in [-0.2, 0) is 6.42 Å². The lowest BCUT2D eigenvalue weighted by atomic mass is 10.1. The van der Waals surface area contributed by atoms with Crippen LogP contribution in [0.2, 0.25) is 0 Å². The number of H-pyrrole nitrogens is 1. The predicted octanol–water partition coefficient (Wildman–Crippen LogP) is 4.12. The topological polar surface area (TPSA) is 45.8 Å². The number of fused-ring (bicyclic) bond motifs is 2. The van der Waals surface area contributed by atoms with Gasteiger partial charge in [-0.1, -0.05) is 36.4 Å². The smallest absolute Gasteiger partial charge is 0.150 e. The molecule has 0 spiro atoms. The van der Waals surface area contributed by atoms with Crippen molar-refractivity contribution in [1.82, 2.24) is 9.97 Å². The number of para-hydroxylation sites is 1. The van der Waals surface area contributed by atoms with Crippen molar-refractivity contribution in [3.63, 3.8) is 0 Å². The second-order valence-corrected chi connectivity index (χ2v) is 5.39. The molecule has 0 aliphatic rings. The van der Waals surface area contributed by atoms with Gasteiger partial charge in [0, 0.05) is 39.7 Å². The van der Waals surface area contributed by atoms with Crippen LogP contribution in [-0.4, -0.2) is 16.3 Å². The summed E-state index contributed by atoms with van der Waals surface area (Å²) >= 11 is 0. The van der Waals surface area contributed by atoms with E-state index in [4.69, 9.17) is 4.98 Å². The number of pyridine rings is 1. The standard InChI is InChI=1S/C19H14N2O/c22-12-14-5-3-7-19-17(14)11-16(21-19)10-15-9-8-13-4-1-2-6-18(13)20-15/h1-9,11-12,21H,10H2. The molecule has 106 valence electrons. The average Bonchev–Trinajstić information content (AvgIpc) is 2.97. The normalized spacial score (nSPS) is 11.1. The van der Waals surface area contributed by atoms with Crippen LogP contribution >= 0.6 is 0 Å². The van der Waals surface area contributed by atoms with Gasteiger partial charge in [-0.15, -0.1) is 0 Å². The molecule has 0 radical (unpaired) electrons. The lowest BCUT2D eigenvalue weighted by molar-refractivity contribution is 0.112. The Morgan fingerprint density at radius 1 is 1.00 bits per heavy atom. The van der Waals surface area contributed by atoms with Crippen molar-refractivity contribution >= 4 is 28.1 Å². The number of carbonyl (C=O) groups excluding carboxylic acids is 1. The number of hydrogen-bond acceptors (Lipinski definition) is 2. The van der Waals surface area contributed by atoms with Crippen LogP contribution < -0.4 is 0 Å². The maximum absolute atomic E-state index is 11.1. The zero-order valence-electron chi connectivity index (χ0n) is 11.9. The first-order valence-corrected chi connectivity index (χ1v) is 7.24. The van der Waals surface area contributed by atoms with Crippen LogP contribution in [0.15, 0.2) is 60.7 Å². The van der Waals surface area contributed by atoms with Gasteiger partial charge in [0.05, 0.1) is 5.52 Å². The van der Waals surface area contributed by atoms with E-state index in [0.29, 0.717) is 5.56 Å². The second-order valence-electron chi connectivity index (χ2n) is 5.39. The molecule has 0 atom stereocenters. The fraction of sp³-hybridized carbons (Fsp3) is 0.0526. The Hall–Kier alpha value is -2.94. The molecule has 22 heavy (non-hydrogen) atoms. The van der Waals surface area contributed by atoms with E-state index in [1.165, 1.54) is 0 Å².